The van der Waals surface area contributed by atoms with Crippen LogP contribution in [-0.4, -0.2) is 58.1 Å². The van der Waals surface area contributed by atoms with Crippen molar-refractivity contribution < 1.29 is 9.59 Å². The fourth-order valence-electron chi connectivity index (χ4n) is 3.98. The van der Waals surface area contributed by atoms with Crippen LogP contribution in [0.4, 0.5) is 0 Å². The molecule has 0 atom stereocenters. The van der Waals surface area contributed by atoms with Gasteiger partial charge < -0.3 is 9.80 Å². The maximum atomic E-state index is 12.6. The number of carbonyl (C=O) groups is 2. The third kappa shape index (κ3) is 2.64. The van der Waals surface area contributed by atoms with Gasteiger partial charge in [-0.1, -0.05) is 0 Å². The minimum absolute atomic E-state index is 0.151. The molecule has 0 bridgehead atoms. The normalized spacial score (nSPS) is 20.6. The molecule has 1 spiro atoms. The summed E-state index contributed by atoms with van der Waals surface area (Å²) in [5.41, 5.74) is 2.82. The molecular weight excluding hydrogens is 292 g/mol. The Kier molecular flexibility index (Phi) is 3.94. The summed E-state index contributed by atoms with van der Waals surface area (Å²) >= 11 is 0. The van der Waals surface area contributed by atoms with Gasteiger partial charge in [0.25, 0.3) is 0 Å². The highest BCUT2D eigenvalue weighted by molar-refractivity contribution is 5.85. The number of aromatic nitrogens is 2. The van der Waals surface area contributed by atoms with E-state index in [1.54, 1.807) is 0 Å². The van der Waals surface area contributed by atoms with Crippen LogP contribution in [0.5, 0.6) is 0 Å². The molecule has 2 amide bonds. The zero-order valence-electron chi connectivity index (χ0n) is 14.6. The van der Waals surface area contributed by atoms with Crippen molar-refractivity contribution in [2.45, 2.75) is 39.5 Å². The molecule has 0 aliphatic carbocycles. The predicted molar refractivity (Wildman–Crippen MR) is 86.9 cm³/mol. The molecule has 0 unspecified atom stereocenters. The Hall–Kier alpha value is -1.85. The number of likely N-dealkylation sites (tertiary alicyclic amines) is 2. The zero-order valence-corrected chi connectivity index (χ0v) is 14.6. The van der Waals surface area contributed by atoms with Crippen LogP contribution in [0.2, 0.25) is 0 Å². The van der Waals surface area contributed by atoms with Gasteiger partial charge in [-0.15, -0.1) is 0 Å². The molecule has 0 N–H and O–H groups in total. The molecule has 2 aliphatic rings. The molecule has 126 valence electrons. The standard InChI is InChI=1S/C17H26N4O2/c1-12-14(13(2)20(4)18-12)11-15(22)21-9-6-17(7-10-21)5-8-19(3)16(17)23/h5-11H2,1-4H3. The third-order valence-electron chi connectivity index (χ3n) is 5.79. The molecule has 1 aromatic heterocycles. The first kappa shape index (κ1) is 16.0. The number of amides is 2. The van der Waals surface area contributed by atoms with E-state index >= 15 is 0 Å². The maximum absolute atomic E-state index is 12.6. The van der Waals surface area contributed by atoms with Crippen LogP contribution in [0.25, 0.3) is 0 Å². The number of hydrogen-bond donors (Lipinski definition) is 0. The Labute approximate surface area is 137 Å². The van der Waals surface area contributed by atoms with Gasteiger partial charge in [0, 0.05) is 45.0 Å². The van der Waals surface area contributed by atoms with Gasteiger partial charge in [-0.05, 0) is 33.1 Å². The highest BCUT2D eigenvalue weighted by atomic mass is 16.2. The zero-order chi connectivity index (χ0) is 16.8. The van der Waals surface area contributed by atoms with Crippen LogP contribution in [0.15, 0.2) is 0 Å². The Morgan fingerprint density at radius 2 is 1.74 bits per heavy atom. The van der Waals surface area contributed by atoms with E-state index in [-0.39, 0.29) is 17.2 Å². The number of hydrogen-bond acceptors (Lipinski definition) is 3. The lowest BCUT2D eigenvalue weighted by atomic mass is 9.77. The van der Waals surface area contributed by atoms with Crippen molar-refractivity contribution in [1.82, 2.24) is 19.6 Å². The molecular formula is C17H26N4O2. The van der Waals surface area contributed by atoms with E-state index in [9.17, 15) is 9.59 Å². The molecule has 3 rings (SSSR count). The van der Waals surface area contributed by atoms with Gasteiger partial charge in [0.1, 0.15) is 0 Å². The fraction of sp³-hybridized carbons (Fsp3) is 0.706. The molecule has 2 saturated heterocycles. The molecule has 1 aromatic rings. The second kappa shape index (κ2) is 5.65. The lowest BCUT2D eigenvalue weighted by Crippen LogP contribution is -2.46. The molecule has 0 radical (unpaired) electrons. The van der Waals surface area contributed by atoms with Gasteiger partial charge >= 0.3 is 0 Å². The number of rotatable bonds is 2. The minimum atomic E-state index is -0.203. The lowest BCUT2D eigenvalue weighted by Gasteiger charge is -2.37. The lowest BCUT2D eigenvalue weighted by molar-refractivity contribution is -0.141. The molecule has 6 nitrogen and oxygen atoms in total. The Morgan fingerprint density at radius 3 is 2.22 bits per heavy atom. The summed E-state index contributed by atoms with van der Waals surface area (Å²) in [5, 5.41) is 4.38. The van der Waals surface area contributed by atoms with Crippen molar-refractivity contribution in [3.8, 4) is 0 Å². The minimum Gasteiger partial charge on any atom is -0.345 e. The molecule has 23 heavy (non-hydrogen) atoms. The highest BCUT2D eigenvalue weighted by Crippen LogP contribution is 2.41. The molecule has 6 heteroatoms. The van der Waals surface area contributed by atoms with Crippen molar-refractivity contribution in [3.05, 3.63) is 17.0 Å². The molecule has 2 fully saturated rings. The van der Waals surface area contributed by atoms with Gasteiger partial charge in [0.05, 0.1) is 17.5 Å². The van der Waals surface area contributed by atoms with Crippen molar-refractivity contribution >= 4 is 11.8 Å². The van der Waals surface area contributed by atoms with E-state index in [1.165, 1.54) is 0 Å². The van der Waals surface area contributed by atoms with Crippen molar-refractivity contribution in [2.24, 2.45) is 12.5 Å². The first-order chi connectivity index (χ1) is 10.8. The summed E-state index contributed by atoms with van der Waals surface area (Å²) in [4.78, 5) is 28.7. The quantitative estimate of drug-likeness (QED) is 0.819. The molecule has 3 heterocycles. The summed E-state index contributed by atoms with van der Waals surface area (Å²) in [6, 6.07) is 0. The average Bonchev–Trinajstić information content (AvgIpc) is 2.93. The van der Waals surface area contributed by atoms with Gasteiger partial charge in [-0.3, -0.25) is 14.3 Å². The number of aryl methyl sites for hydroxylation is 2. The smallest absolute Gasteiger partial charge is 0.228 e. The van der Waals surface area contributed by atoms with Crippen molar-refractivity contribution in [2.75, 3.05) is 26.7 Å². The van der Waals surface area contributed by atoms with E-state index in [0.29, 0.717) is 19.5 Å². The first-order valence-electron chi connectivity index (χ1n) is 8.36. The van der Waals surface area contributed by atoms with E-state index in [4.69, 9.17) is 0 Å². The third-order valence-corrected chi connectivity index (χ3v) is 5.79. The number of piperidine rings is 1. The van der Waals surface area contributed by atoms with E-state index in [0.717, 1.165) is 42.8 Å². The van der Waals surface area contributed by atoms with Crippen molar-refractivity contribution in [3.63, 3.8) is 0 Å². The largest absolute Gasteiger partial charge is 0.345 e. The second-order valence-corrected chi connectivity index (χ2v) is 7.09. The summed E-state index contributed by atoms with van der Waals surface area (Å²) in [7, 11) is 3.78. The summed E-state index contributed by atoms with van der Waals surface area (Å²) in [6.07, 6.45) is 2.94. The summed E-state index contributed by atoms with van der Waals surface area (Å²) in [6.45, 7) is 6.18. The van der Waals surface area contributed by atoms with Gasteiger partial charge in [0.2, 0.25) is 11.8 Å². The molecule has 2 aliphatic heterocycles. The van der Waals surface area contributed by atoms with E-state index in [1.807, 2.05) is 42.4 Å². The Morgan fingerprint density at radius 1 is 1.13 bits per heavy atom. The number of carbonyl (C=O) groups excluding carboxylic acids is 2. The van der Waals surface area contributed by atoms with Crippen LogP contribution < -0.4 is 0 Å². The van der Waals surface area contributed by atoms with E-state index < -0.39 is 0 Å². The number of nitrogens with zero attached hydrogens (tertiary/aromatic N) is 4. The van der Waals surface area contributed by atoms with Gasteiger partial charge in [-0.25, -0.2) is 0 Å². The fourth-order valence-corrected chi connectivity index (χ4v) is 3.98. The SMILES string of the molecule is Cc1nn(C)c(C)c1CC(=O)N1CCC2(CCN(C)C2=O)CC1. The van der Waals surface area contributed by atoms with Gasteiger partial charge in [-0.2, -0.15) is 5.10 Å². The topological polar surface area (TPSA) is 58.4 Å². The van der Waals surface area contributed by atoms with Crippen LogP contribution in [0, 0.1) is 19.3 Å². The Balaban J connectivity index is 1.64. The van der Waals surface area contributed by atoms with Gasteiger partial charge in [0.15, 0.2) is 0 Å². The second-order valence-electron chi connectivity index (χ2n) is 7.09. The van der Waals surface area contributed by atoms with E-state index in [2.05, 4.69) is 5.10 Å². The van der Waals surface area contributed by atoms with Crippen LogP contribution in [-0.2, 0) is 23.1 Å². The molecule has 0 aromatic carbocycles. The first-order valence-corrected chi connectivity index (χ1v) is 8.36. The monoisotopic (exact) mass is 318 g/mol. The predicted octanol–water partition coefficient (Wildman–Crippen LogP) is 1.05. The maximum Gasteiger partial charge on any atom is 0.228 e. The Bertz CT molecular complexity index is 641. The van der Waals surface area contributed by atoms with Crippen LogP contribution in [0.3, 0.4) is 0 Å². The highest BCUT2D eigenvalue weighted by Gasteiger charge is 2.47. The average molecular weight is 318 g/mol. The summed E-state index contributed by atoms with van der Waals surface area (Å²) in [5.74, 6) is 0.418. The van der Waals surface area contributed by atoms with Crippen molar-refractivity contribution in [1.29, 1.82) is 0 Å². The molecule has 0 saturated carbocycles. The van der Waals surface area contributed by atoms with Crippen LogP contribution in [0.1, 0.15) is 36.2 Å². The summed E-state index contributed by atoms with van der Waals surface area (Å²) < 4.78 is 1.83. The van der Waals surface area contributed by atoms with Crippen LogP contribution >= 0.6 is 0 Å².